The van der Waals surface area contributed by atoms with Gasteiger partial charge in [-0.2, -0.15) is 0 Å². The highest BCUT2D eigenvalue weighted by Gasteiger charge is 2.84. The van der Waals surface area contributed by atoms with Crippen LogP contribution in [0.5, 0.6) is 0 Å². The lowest BCUT2D eigenvalue weighted by molar-refractivity contribution is -0.250. The van der Waals surface area contributed by atoms with Crippen molar-refractivity contribution in [3.8, 4) is 0 Å². The third kappa shape index (κ3) is 5.35. The molecule has 2 N–H and O–H groups in total. The third-order valence-corrected chi connectivity index (χ3v) is 16.7. The molecule has 0 aromatic carbocycles. The molecule has 0 aromatic rings. The highest BCUT2D eigenvalue weighted by Crippen LogP contribution is 2.89. The number of aliphatic hydroxyl groups excluding tert-OH is 1. The Labute approximate surface area is 301 Å². The van der Waals surface area contributed by atoms with E-state index in [1.54, 1.807) is 21.0 Å². The van der Waals surface area contributed by atoms with Gasteiger partial charge in [0, 0.05) is 39.1 Å². The smallest absolute Gasteiger partial charge is 0.303 e. The Kier molecular flexibility index (Phi) is 9.07. The summed E-state index contributed by atoms with van der Waals surface area (Å²) in [6.07, 6.45) is 6.58. The van der Waals surface area contributed by atoms with Gasteiger partial charge in [-0.1, -0.05) is 34.6 Å². The predicted molar refractivity (Wildman–Crippen MR) is 190 cm³/mol. The van der Waals surface area contributed by atoms with E-state index in [4.69, 9.17) is 23.7 Å². The van der Waals surface area contributed by atoms with Gasteiger partial charge in [-0.05, 0) is 124 Å². The summed E-state index contributed by atoms with van der Waals surface area (Å²) in [5.74, 6) is 1.08. The first-order chi connectivity index (χ1) is 23.2. The highest BCUT2D eigenvalue weighted by atomic mass is 16.7. The van der Waals surface area contributed by atoms with Crippen molar-refractivity contribution >= 4 is 5.97 Å². The van der Waals surface area contributed by atoms with E-state index in [9.17, 15) is 15.0 Å². The largest absolute Gasteiger partial charge is 0.457 e. The fourth-order valence-electron chi connectivity index (χ4n) is 14.3. The fourth-order valence-corrected chi connectivity index (χ4v) is 14.3. The molecule has 9 heteroatoms. The lowest BCUT2D eigenvalue weighted by atomic mass is 9.41. The standard InChI is InChI=1S/C41H69NO8/c1-24-20-26(34(37(7,8)45)48-25(2)43)49-32-31(24)38(9)16-17-41-22-40(41)15-14-29(50-30-21-42(18-19-47-30)23-35(3,4)46-11)36(5,6)27(40)12-13-28(41)39(38,10)33(32)44/h24,26-34,44-45H,12-23H2,1-11H3/t24-,26?,27+,28?,29?,30?,31+,32?,33+,34?,38?,39-,40?,41?/m1/s1. The number of esters is 1. The molecule has 0 aromatic heterocycles. The molecule has 9 nitrogen and oxygen atoms in total. The normalized spacial score (nSPS) is 49.1. The van der Waals surface area contributed by atoms with Crippen molar-refractivity contribution in [1.29, 1.82) is 0 Å². The maximum Gasteiger partial charge on any atom is 0.303 e. The third-order valence-electron chi connectivity index (χ3n) is 16.7. The first kappa shape index (κ1) is 37.5. The monoisotopic (exact) mass is 704 g/mol. The van der Waals surface area contributed by atoms with Gasteiger partial charge in [-0.25, -0.2) is 0 Å². The highest BCUT2D eigenvalue weighted by molar-refractivity contribution is 5.66. The van der Waals surface area contributed by atoms with Crippen molar-refractivity contribution < 1.29 is 38.7 Å². The molecule has 286 valence electrons. The Morgan fingerprint density at radius 3 is 2.36 bits per heavy atom. The fraction of sp³-hybridized carbons (Fsp3) is 0.976. The van der Waals surface area contributed by atoms with E-state index < -0.39 is 29.9 Å². The Hall–Kier alpha value is -0.810. The summed E-state index contributed by atoms with van der Waals surface area (Å²) >= 11 is 0. The number of ether oxygens (including phenoxy) is 5. The van der Waals surface area contributed by atoms with Crippen LogP contribution in [0.3, 0.4) is 0 Å². The number of hydrogen-bond acceptors (Lipinski definition) is 9. The summed E-state index contributed by atoms with van der Waals surface area (Å²) in [6, 6.07) is 0. The average Bonchev–Trinajstić information content (AvgIpc) is 3.65. The van der Waals surface area contributed by atoms with Crippen LogP contribution in [-0.4, -0.2) is 102 Å². The van der Waals surface area contributed by atoms with E-state index in [0.717, 1.165) is 38.9 Å². The predicted octanol–water partition coefficient (Wildman–Crippen LogP) is 5.97. The summed E-state index contributed by atoms with van der Waals surface area (Å²) < 4.78 is 31.5. The summed E-state index contributed by atoms with van der Waals surface area (Å²) in [6.45, 7) is 24.4. The van der Waals surface area contributed by atoms with Crippen molar-refractivity contribution in [3.05, 3.63) is 0 Å². The summed E-state index contributed by atoms with van der Waals surface area (Å²) in [5.41, 5.74) is -1.22. The van der Waals surface area contributed by atoms with Crippen LogP contribution < -0.4 is 0 Å². The number of hydrogen-bond donors (Lipinski definition) is 2. The van der Waals surface area contributed by atoms with Gasteiger partial charge in [0.2, 0.25) is 0 Å². The SMILES string of the molecule is COC(C)(C)CN1CCOC(OC2CCC34CC35CCC3(C)[C@@H]6C(OC(C(OC(C)=O)C(C)(C)O)C[C@H]6C)[C@H](O)[C@@]3(C)C5CC[C@H]4C2(C)C)C1. The number of carbonyl (C=O) groups excluding carboxylic acids is 1. The van der Waals surface area contributed by atoms with Gasteiger partial charge in [0.05, 0.1) is 42.2 Å². The first-order valence-electron chi connectivity index (χ1n) is 19.9. The number of morpholine rings is 1. The zero-order valence-corrected chi connectivity index (χ0v) is 33.0. The molecule has 0 amide bonds. The molecule has 14 atom stereocenters. The lowest BCUT2D eigenvalue weighted by Crippen LogP contribution is -2.60. The van der Waals surface area contributed by atoms with Crippen LogP contribution in [0.25, 0.3) is 0 Å². The summed E-state index contributed by atoms with van der Waals surface area (Å²) in [5, 5.41) is 23.7. The molecular weight excluding hydrogens is 634 g/mol. The number of nitrogens with zero attached hydrogens (tertiary/aromatic N) is 1. The second kappa shape index (κ2) is 12.1. The van der Waals surface area contributed by atoms with Crippen LogP contribution in [0, 0.1) is 50.7 Å². The van der Waals surface area contributed by atoms with E-state index in [1.807, 2.05) is 0 Å². The van der Waals surface area contributed by atoms with Crippen molar-refractivity contribution in [3.63, 3.8) is 0 Å². The number of fused-ring (bicyclic) bond motifs is 4. The number of aliphatic hydroxyl groups is 2. The Morgan fingerprint density at radius 2 is 1.70 bits per heavy atom. The molecule has 7 fully saturated rings. The Balaban J connectivity index is 1.10. The van der Waals surface area contributed by atoms with Crippen molar-refractivity contribution in [2.75, 3.05) is 33.4 Å². The molecular formula is C41H69NO8. The maximum atomic E-state index is 12.6. The second-order valence-corrected chi connectivity index (χ2v) is 20.4. The van der Waals surface area contributed by atoms with Crippen molar-refractivity contribution in [2.45, 2.75) is 169 Å². The molecule has 2 heterocycles. The van der Waals surface area contributed by atoms with Crippen LogP contribution >= 0.6 is 0 Å². The Morgan fingerprint density at radius 1 is 1.02 bits per heavy atom. The molecule has 7 aliphatic rings. The van der Waals surface area contributed by atoms with E-state index in [0.29, 0.717) is 30.3 Å². The van der Waals surface area contributed by atoms with Crippen LogP contribution in [0.4, 0.5) is 0 Å². The van der Waals surface area contributed by atoms with Gasteiger partial charge in [0.1, 0.15) is 0 Å². The zero-order chi connectivity index (χ0) is 36.4. The molecule has 5 saturated carbocycles. The Bertz CT molecular complexity index is 1310. The molecule has 0 radical (unpaired) electrons. The first-order valence-corrected chi connectivity index (χ1v) is 19.9. The summed E-state index contributed by atoms with van der Waals surface area (Å²) in [7, 11) is 1.79. The number of rotatable bonds is 8. The van der Waals surface area contributed by atoms with Crippen molar-refractivity contribution in [2.24, 2.45) is 50.7 Å². The maximum absolute atomic E-state index is 12.6. The van der Waals surface area contributed by atoms with Gasteiger partial charge in [-0.3, -0.25) is 9.69 Å². The van der Waals surface area contributed by atoms with E-state index in [2.05, 4.69) is 53.4 Å². The summed E-state index contributed by atoms with van der Waals surface area (Å²) in [4.78, 5) is 14.5. The lowest BCUT2D eigenvalue weighted by Gasteiger charge is -2.64. The van der Waals surface area contributed by atoms with E-state index in [1.165, 1.54) is 32.6 Å². The van der Waals surface area contributed by atoms with E-state index >= 15 is 0 Å². The molecule has 2 aliphatic heterocycles. The average molecular weight is 704 g/mol. The minimum atomic E-state index is -1.26. The second-order valence-electron chi connectivity index (χ2n) is 20.4. The van der Waals surface area contributed by atoms with E-state index in [-0.39, 0.29) is 57.6 Å². The molecule has 0 bridgehead atoms. The van der Waals surface area contributed by atoms with Gasteiger partial charge in [-0.15, -0.1) is 0 Å². The minimum Gasteiger partial charge on any atom is -0.457 e. The number of methoxy groups -OCH3 is 1. The topological polar surface area (TPSA) is 107 Å². The van der Waals surface area contributed by atoms with Crippen LogP contribution in [0.15, 0.2) is 0 Å². The van der Waals surface area contributed by atoms with Crippen molar-refractivity contribution in [1.82, 2.24) is 4.90 Å². The molecule has 7 rings (SSSR count). The molecule has 5 aliphatic carbocycles. The molecule has 50 heavy (non-hydrogen) atoms. The van der Waals surface area contributed by atoms with Gasteiger partial charge < -0.3 is 33.9 Å². The number of carbonyl (C=O) groups is 1. The minimum absolute atomic E-state index is 0.0295. The van der Waals surface area contributed by atoms with Gasteiger partial charge in [0.15, 0.2) is 12.4 Å². The van der Waals surface area contributed by atoms with Crippen LogP contribution in [0.1, 0.15) is 121 Å². The van der Waals surface area contributed by atoms with Gasteiger partial charge >= 0.3 is 5.97 Å². The van der Waals surface area contributed by atoms with Crippen LogP contribution in [-0.2, 0) is 28.5 Å². The van der Waals surface area contributed by atoms with Crippen LogP contribution in [0.2, 0.25) is 0 Å². The molecule has 2 spiro atoms. The quantitative estimate of drug-likeness (QED) is 0.296. The zero-order valence-electron chi connectivity index (χ0n) is 33.0. The van der Waals surface area contributed by atoms with Gasteiger partial charge in [0.25, 0.3) is 0 Å². The molecule has 9 unspecified atom stereocenters. The molecule has 2 saturated heterocycles.